The lowest BCUT2D eigenvalue weighted by molar-refractivity contribution is 0.517. The molecular weight excluding hydrogens is 215 g/mol. The van der Waals surface area contributed by atoms with Crippen LogP contribution in [0.5, 0.6) is 0 Å². The highest BCUT2D eigenvalue weighted by Gasteiger charge is 2.30. The van der Waals surface area contributed by atoms with Crippen molar-refractivity contribution < 1.29 is 0 Å². The molecule has 0 heterocycles. The summed E-state index contributed by atoms with van der Waals surface area (Å²) in [6, 6.07) is 6.56. The molecule has 0 aliphatic carbocycles. The molecule has 0 unspecified atom stereocenters. The molecular formula is C17H27B. The summed E-state index contributed by atoms with van der Waals surface area (Å²) in [6.45, 7) is 17.8. The molecule has 0 amide bonds. The quantitative estimate of drug-likeness (QED) is 0.627. The van der Waals surface area contributed by atoms with Crippen LogP contribution in [0.1, 0.15) is 72.1 Å². The fourth-order valence-electron chi connectivity index (χ4n) is 2.52. The van der Waals surface area contributed by atoms with Gasteiger partial charge in [-0.3, -0.25) is 0 Å². The van der Waals surface area contributed by atoms with E-state index in [4.69, 9.17) is 7.85 Å². The van der Waals surface area contributed by atoms with E-state index in [1.165, 1.54) is 16.7 Å². The Morgan fingerprint density at radius 2 is 1.17 bits per heavy atom. The average Bonchev–Trinajstić information content (AvgIpc) is 2.12. The van der Waals surface area contributed by atoms with E-state index in [1.54, 1.807) is 0 Å². The first-order chi connectivity index (χ1) is 7.85. The van der Waals surface area contributed by atoms with Gasteiger partial charge in [-0.2, -0.15) is 0 Å². The van der Waals surface area contributed by atoms with E-state index in [9.17, 15) is 0 Å². The molecule has 1 rings (SSSR count). The van der Waals surface area contributed by atoms with Crippen LogP contribution in [0.2, 0.25) is 0 Å². The number of rotatable bonds is 1. The zero-order valence-corrected chi connectivity index (χ0v) is 13.3. The molecule has 1 aromatic rings. The van der Waals surface area contributed by atoms with Gasteiger partial charge >= 0.3 is 0 Å². The Morgan fingerprint density at radius 3 is 1.50 bits per heavy atom. The van der Waals surface area contributed by atoms with Gasteiger partial charge in [0.1, 0.15) is 0 Å². The minimum Gasteiger partial charge on any atom is -0.0639 e. The maximum Gasteiger partial charge on any atom is 0.0803 e. The summed E-state index contributed by atoms with van der Waals surface area (Å²) in [5.74, 6) is 0. The first-order valence-corrected chi connectivity index (χ1v) is 6.78. The molecule has 2 radical (unpaired) electrons. The minimum atomic E-state index is -0.302. The Labute approximate surface area is 115 Å². The van der Waals surface area contributed by atoms with Crippen LogP contribution in [0.4, 0.5) is 0 Å². The Hall–Kier alpha value is -0.715. The molecule has 0 atom stereocenters. The van der Waals surface area contributed by atoms with Gasteiger partial charge in [0, 0.05) is 0 Å². The number of hydrogen-bond donors (Lipinski definition) is 0. The first kappa shape index (κ1) is 15.3. The van der Waals surface area contributed by atoms with E-state index in [2.05, 4.69) is 73.6 Å². The van der Waals surface area contributed by atoms with Gasteiger partial charge in [-0.1, -0.05) is 73.6 Å². The Kier molecular flexibility index (Phi) is 3.78. The van der Waals surface area contributed by atoms with Crippen molar-refractivity contribution >= 4 is 7.85 Å². The summed E-state index contributed by atoms with van der Waals surface area (Å²) in [6.07, 6.45) is 0. The van der Waals surface area contributed by atoms with Gasteiger partial charge in [-0.15, -0.1) is 0 Å². The molecule has 0 nitrogen and oxygen atoms in total. The smallest absolute Gasteiger partial charge is 0.0639 e. The van der Waals surface area contributed by atoms with Crippen molar-refractivity contribution in [3.05, 3.63) is 34.9 Å². The van der Waals surface area contributed by atoms with Gasteiger partial charge in [0.05, 0.1) is 7.85 Å². The normalized spacial score (nSPS) is 13.8. The predicted octanol–water partition coefficient (Wildman–Crippen LogP) is 4.69. The molecule has 0 N–H and O–H groups in total. The van der Waals surface area contributed by atoms with Crippen LogP contribution >= 0.6 is 0 Å². The summed E-state index contributed by atoms with van der Waals surface area (Å²) in [5, 5.41) is -0.302. The third kappa shape index (κ3) is 3.19. The zero-order valence-electron chi connectivity index (χ0n) is 13.3. The molecule has 18 heavy (non-hydrogen) atoms. The largest absolute Gasteiger partial charge is 0.0803 e. The van der Waals surface area contributed by atoms with Gasteiger partial charge < -0.3 is 0 Å². The van der Waals surface area contributed by atoms with Crippen molar-refractivity contribution in [3.8, 4) is 0 Å². The molecule has 98 valence electrons. The highest BCUT2D eigenvalue weighted by molar-refractivity contribution is 6.15. The van der Waals surface area contributed by atoms with Crippen LogP contribution in [-0.2, 0) is 16.1 Å². The zero-order chi connectivity index (χ0) is 14.4. The van der Waals surface area contributed by atoms with Crippen LogP contribution in [0.25, 0.3) is 0 Å². The van der Waals surface area contributed by atoms with Crippen molar-refractivity contribution in [2.24, 2.45) is 0 Å². The molecule has 0 saturated heterocycles. The van der Waals surface area contributed by atoms with Crippen LogP contribution in [-0.4, -0.2) is 7.85 Å². The van der Waals surface area contributed by atoms with Crippen molar-refractivity contribution in [1.29, 1.82) is 0 Å². The van der Waals surface area contributed by atoms with Gasteiger partial charge in [0.2, 0.25) is 0 Å². The van der Waals surface area contributed by atoms with Gasteiger partial charge in [0.25, 0.3) is 0 Å². The third-order valence-corrected chi connectivity index (χ3v) is 3.32. The fraction of sp³-hybridized carbons (Fsp3) is 0.647. The lowest BCUT2D eigenvalue weighted by Crippen LogP contribution is -2.29. The predicted molar refractivity (Wildman–Crippen MR) is 82.6 cm³/mol. The van der Waals surface area contributed by atoms with E-state index in [1.807, 2.05) is 0 Å². The summed E-state index contributed by atoms with van der Waals surface area (Å²) >= 11 is 0. The van der Waals surface area contributed by atoms with Crippen molar-refractivity contribution in [1.82, 2.24) is 0 Å². The molecule has 1 heteroatoms. The van der Waals surface area contributed by atoms with E-state index in [-0.39, 0.29) is 16.1 Å². The SMILES string of the molecule is [B]C(C)(C)c1cccc(C(C)(C)C)c1C(C)(C)C. The van der Waals surface area contributed by atoms with Crippen LogP contribution < -0.4 is 0 Å². The van der Waals surface area contributed by atoms with Crippen LogP contribution in [0.3, 0.4) is 0 Å². The molecule has 0 spiro atoms. The Morgan fingerprint density at radius 1 is 0.722 bits per heavy atom. The standard InChI is InChI=1S/C17H27B/c1-15(2,3)12-10-9-11-13(17(7,8)18)14(12)16(4,5)6/h9-11H,1-8H3. The number of benzene rings is 1. The van der Waals surface area contributed by atoms with E-state index >= 15 is 0 Å². The first-order valence-electron chi connectivity index (χ1n) is 6.78. The van der Waals surface area contributed by atoms with Crippen molar-refractivity contribution in [3.63, 3.8) is 0 Å². The van der Waals surface area contributed by atoms with Gasteiger partial charge in [-0.05, 0) is 32.8 Å². The highest BCUT2D eigenvalue weighted by atomic mass is 14.3. The summed E-state index contributed by atoms with van der Waals surface area (Å²) in [7, 11) is 6.37. The summed E-state index contributed by atoms with van der Waals surface area (Å²) in [5.41, 5.74) is 4.33. The second kappa shape index (κ2) is 4.44. The molecule has 0 saturated carbocycles. The molecule has 0 aliphatic rings. The number of hydrogen-bond acceptors (Lipinski definition) is 0. The lowest BCUT2D eigenvalue weighted by Gasteiger charge is -2.36. The van der Waals surface area contributed by atoms with Crippen molar-refractivity contribution in [2.75, 3.05) is 0 Å². The molecule has 0 fully saturated rings. The third-order valence-electron chi connectivity index (χ3n) is 3.32. The lowest BCUT2D eigenvalue weighted by atomic mass is 9.61. The maximum atomic E-state index is 6.37. The summed E-state index contributed by atoms with van der Waals surface area (Å²) < 4.78 is 0. The minimum absolute atomic E-state index is 0.107. The van der Waals surface area contributed by atoms with E-state index < -0.39 is 0 Å². The average molecular weight is 242 g/mol. The van der Waals surface area contributed by atoms with Crippen molar-refractivity contribution in [2.45, 2.75) is 71.5 Å². The molecule has 0 bridgehead atoms. The van der Waals surface area contributed by atoms with Crippen LogP contribution in [0, 0.1) is 0 Å². The second-order valence-corrected chi connectivity index (χ2v) is 7.95. The van der Waals surface area contributed by atoms with Gasteiger partial charge in [0.15, 0.2) is 0 Å². The molecule has 0 aliphatic heterocycles. The maximum absolute atomic E-state index is 6.37. The fourth-order valence-corrected chi connectivity index (χ4v) is 2.52. The second-order valence-electron chi connectivity index (χ2n) is 7.95. The molecule has 0 aromatic heterocycles. The van der Waals surface area contributed by atoms with E-state index in [0.717, 1.165) is 0 Å². The monoisotopic (exact) mass is 242 g/mol. The highest BCUT2D eigenvalue weighted by Crippen LogP contribution is 2.39. The Bertz CT molecular complexity index is 390. The Balaban J connectivity index is 3.68. The van der Waals surface area contributed by atoms with Gasteiger partial charge in [-0.25, -0.2) is 0 Å². The van der Waals surface area contributed by atoms with E-state index in [0.29, 0.717) is 0 Å². The molecule has 1 aromatic carbocycles. The van der Waals surface area contributed by atoms with Crippen LogP contribution in [0.15, 0.2) is 18.2 Å². The topological polar surface area (TPSA) is 0 Å². The summed E-state index contributed by atoms with van der Waals surface area (Å²) in [4.78, 5) is 0.